The van der Waals surface area contributed by atoms with Crippen LogP contribution in [0.3, 0.4) is 0 Å². The van der Waals surface area contributed by atoms with Crippen LogP contribution < -0.4 is 0 Å². The highest BCUT2D eigenvalue weighted by molar-refractivity contribution is 5.88. The first-order valence-electron chi connectivity index (χ1n) is 10.1. The highest BCUT2D eigenvalue weighted by atomic mass is 16.3. The van der Waals surface area contributed by atoms with Crippen molar-refractivity contribution in [1.82, 2.24) is 0 Å². The first-order valence-corrected chi connectivity index (χ1v) is 10.1. The van der Waals surface area contributed by atoms with Crippen molar-refractivity contribution in [2.45, 2.75) is 27.7 Å². The summed E-state index contributed by atoms with van der Waals surface area (Å²) in [6.07, 6.45) is 0. The molecule has 0 amide bonds. The van der Waals surface area contributed by atoms with Gasteiger partial charge >= 0.3 is 0 Å². The van der Waals surface area contributed by atoms with Crippen LogP contribution in [0.5, 0.6) is 11.5 Å². The monoisotopic (exact) mass is 394 g/mol. The zero-order valence-corrected chi connectivity index (χ0v) is 17.8. The number of phenolic OH excluding ortho intramolecular Hbond substituents is 2. The maximum atomic E-state index is 11.1. The van der Waals surface area contributed by atoms with Crippen LogP contribution in [0.15, 0.2) is 72.8 Å². The number of hydrogen-bond acceptors (Lipinski definition) is 2. The predicted molar refractivity (Wildman–Crippen MR) is 125 cm³/mol. The zero-order valence-electron chi connectivity index (χ0n) is 17.8. The highest BCUT2D eigenvalue weighted by Gasteiger charge is 2.17. The lowest BCUT2D eigenvalue weighted by atomic mass is 9.92. The Balaban J connectivity index is 1.88. The van der Waals surface area contributed by atoms with Gasteiger partial charge in [0.1, 0.15) is 11.5 Å². The second-order valence-electron chi connectivity index (χ2n) is 8.16. The van der Waals surface area contributed by atoms with Gasteiger partial charge in [0.2, 0.25) is 0 Å². The number of aryl methyl sites for hydroxylation is 4. The maximum Gasteiger partial charge on any atom is 0.131 e. The molecule has 4 rings (SSSR count). The molecular formula is C28H26O2. The summed E-state index contributed by atoms with van der Waals surface area (Å²) < 4.78 is 0. The number of phenols is 2. The fourth-order valence-corrected chi connectivity index (χ4v) is 4.25. The van der Waals surface area contributed by atoms with Crippen molar-refractivity contribution >= 4 is 0 Å². The summed E-state index contributed by atoms with van der Waals surface area (Å²) in [4.78, 5) is 0. The molecule has 0 saturated heterocycles. The molecule has 0 heterocycles. The predicted octanol–water partition coefficient (Wildman–Crippen LogP) is 7.33. The van der Waals surface area contributed by atoms with Crippen LogP contribution in [0.1, 0.15) is 22.3 Å². The average molecular weight is 395 g/mol. The van der Waals surface area contributed by atoms with Crippen LogP contribution >= 0.6 is 0 Å². The molecular weight excluding hydrogens is 368 g/mol. The molecule has 2 nitrogen and oxygen atoms in total. The average Bonchev–Trinajstić information content (AvgIpc) is 2.67. The molecule has 2 heteroatoms. The zero-order chi connectivity index (χ0) is 21.4. The van der Waals surface area contributed by atoms with E-state index in [1.165, 1.54) is 0 Å². The molecule has 0 aromatic heterocycles. The van der Waals surface area contributed by atoms with Crippen LogP contribution in [0.25, 0.3) is 33.4 Å². The van der Waals surface area contributed by atoms with Gasteiger partial charge in [0, 0.05) is 22.3 Å². The van der Waals surface area contributed by atoms with Gasteiger partial charge in [-0.3, -0.25) is 0 Å². The Kier molecular flexibility index (Phi) is 5.09. The Labute approximate surface area is 178 Å². The first-order chi connectivity index (χ1) is 14.3. The largest absolute Gasteiger partial charge is 0.507 e. The molecule has 0 aliphatic carbocycles. The molecule has 2 N–H and O–H groups in total. The summed E-state index contributed by atoms with van der Waals surface area (Å²) in [5.74, 6) is 0.353. The second-order valence-corrected chi connectivity index (χ2v) is 8.16. The van der Waals surface area contributed by atoms with E-state index in [9.17, 15) is 10.2 Å². The van der Waals surface area contributed by atoms with Gasteiger partial charge in [0.25, 0.3) is 0 Å². The van der Waals surface area contributed by atoms with Gasteiger partial charge in [-0.25, -0.2) is 0 Å². The van der Waals surface area contributed by atoms with E-state index in [1.807, 2.05) is 36.4 Å². The van der Waals surface area contributed by atoms with Crippen molar-refractivity contribution in [3.63, 3.8) is 0 Å². The molecule has 0 fully saturated rings. The molecule has 30 heavy (non-hydrogen) atoms. The Morgan fingerprint density at radius 1 is 0.433 bits per heavy atom. The Bertz CT molecular complexity index is 1110. The summed E-state index contributed by atoms with van der Waals surface area (Å²) in [6.45, 7) is 8.21. The van der Waals surface area contributed by atoms with E-state index in [0.717, 1.165) is 44.5 Å². The Morgan fingerprint density at radius 2 is 0.733 bits per heavy atom. The smallest absolute Gasteiger partial charge is 0.131 e. The number of rotatable bonds is 3. The number of aromatic hydroxyl groups is 2. The third kappa shape index (κ3) is 3.69. The summed E-state index contributed by atoms with van der Waals surface area (Å²) in [5.41, 5.74) is 9.29. The normalized spacial score (nSPS) is 10.9. The molecule has 0 aliphatic rings. The summed E-state index contributed by atoms with van der Waals surface area (Å²) in [5, 5.41) is 22.3. The van der Waals surface area contributed by atoms with E-state index in [4.69, 9.17) is 0 Å². The van der Waals surface area contributed by atoms with Gasteiger partial charge < -0.3 is 10.2 Å². The van der Waals surface area contributed by atoms with Crippen molar-refractivity contribution in [3.05, 3.63) is 95.1 Å². The molecule has 150 valence electrons. The summed E-state index contributed by atoms with van der Waals surface area (Å²) in [6, 6.07) is 23.9. The lowest BCUT2D eigenvalue weighted by Gasteiger charge is -2.15. The lowest BCUT2D eigenvalue weighted by Crippen LogP contribution is -1.89. The van der Waals surface area contributed by atoms with Crippen molar-refractivity contribution in [2.75, 3.05) is 0 Å². The van der Waals surface area contributed by atoms with Crippen molar-refractivity contribution in [3.8, 4) is 44.9 Å². The van der Waals surface area contributed by atoms with Crippen molar-refractivity contribution in [2.24, 2.45) is 0 Å². The molecule has 0 spiro atoms. The lowest BCUT2D eigenvalue weighted by molar-refractivity contribution is 0.471. The maximum absolute atomic E-state index is 11.1. The van der Waals surface area contributed by atoms with Gasteiger partial charge in [-0.15, -0.1) is 0 Å². The molecule has 0 aliphatic heterocycles. The number of benzene rings is 4. The van der Waals surface area contributed by atoms with E-state index in [-0.39, 0.29) is 11.5 Å². The van der Waals surface area contributed by atoms with Crippen LogP contribution in [0.4, 0.5) is 0 Å². The summed E-state index contributed by atoms with van der Waals surface area (Å²) in [7, 11) is 0. The van der Waals surface area contributed by atoms with E-state index in [0.29, 0.717) is 11.1 Å². The van der Waals surface area contributed by atoms with E-state index < -0.39 is 0 Å². The van der Waals surface area contributed by atoms with Gasteiger partial charge in [-0.2, -0.15) is 0 Å². The minimum absolute atomic E-state index is 0.176. The van der Waals surface area contributed by atoms with E-state index in [2.05, 4.69) is 64.1 Å². The molecule has 0 atom stereocenters. The molecule has 0 radical (unpaired) electrons. The number of hydrogen-bond donors (Lipinski definition) is 2. The van der Waals surface area contributed by atoms with Gasteiger partial charge in [-0.1, -0.05) is 95.1 Å². The highest BCUT2D eigenvalue weighted by Crippen LogP contribution is 2.44. The van der Waals surface area contributed by atoms with Crippen LogP contribution in [0.2, 0.25) is 0 Å². The van der Waals surface area contributed by atoms with Crippen LogP contribution in [-0.2, 0) is 0 Å². The molecule has 0 unspecified atom stereocenters. The Morgan fingerprint density at radius 3 is 1.07 bits per heavy atom. The van der Waals surface area contributed by atoms with Gasteiger partial charge in [-0.05, 0) is 38.8 Å². The molecule has 0 saturated carbocycles. The quantitative estimate of drug-likeness (QED) is 0.382. The van der Waals surface area contributed by atoms with Crippen molar-refractivity contribution < 1.29 is 10.2 Å². The van der Waals surface area contributed by atoms with Gasteiger partial charge in [0.05, 0.1) is 0 Å². The third-order valence-electron chi connectivity index (χ3n) is 5.43. The number of para-hydroxylation sites is 2. The minimum Gasteiger partial charge on any atom is -0.507 e. The minimum atomic E-state index is 0.176. The van der Waals surface area contributed by atoms with Crippen LogP contribution in [-0.4, -0.2) is 10.2 Å². The second kappa shape index (κ2) is 7.72. The fourth-order valence-electron chi connectivity index (χ4n) is 4.25. The molecule has 0 bridgehead atoms. The SMILES string of the molecule is Cc1cc(C)cc(-c2cccc(-c3cccc(-c4cc(C)cc(C)c4)c3O)c2O)c1. The molecule has 4 aromatic rings. The fraction of sp³-hybridized carbons (Fsp3) is 0.143. The standard InChI is InChI=1S/C28H26O2/c1-17-11-18(2)14-21(13-17)23-7-5-9-25(27(23)29)26-10-6-8-24(28(26)30)22-15-19(3)12-20(4)16-22/h5-16,29-30H,1-4H3. The topological polar surface area (TPSA) is 40.5 Å². The first kappa shape index (κ1) is 19.8. The Hall–Kier alpha value is -3.52. The van der Waals surface area contributed by atoms with Crippen LogP contribution in [0, 0.1) is 27.7 Å². The summed E-state index contributed by atoms with van der Waals surface area (Å²) >= 11 is 0. The third-order valence-corrected chi connectivity index (χ3v) is 5.43. The van der Waals surface area contributed by atoms with Gasteiger partial charge in [0.15, 0.2) is 0 Å². The van der Waals surface area contributed by atoms with Crippen molar-refractivity contribution in [1.29, 1.82) is 0 Å². The van der Waals surface area contributed by atoms with E-state index in [1.54, 1.807) is 0 Å². The molecule has 4 aromatic carbocycles. The van der Waals surface area contributed by atoms with E-state index >= 15 is 0 Å².